The van der Waals surface area contributed by atoms with E-state index in [4.69, 9.17) is 12.2 Å². The van der Waals surface area contributed by atoms with Crippen molar-refractivity contribution >= 4 is 34.9 Å². The van der Waals surface area contributed by atoms with Crippen LogP contribution >= 0.6 is 24.0 Å². The van der Waals surface area contributed by atoms with Crippen LogP contribution in [0.5, 0.6) is 0 Å². The molecule has 88 valence electrons. The first-order valence-electron chi connectivity index (χ1n) is 5.04. The average molecular weight is 264 g/mol. The lowest BCUT2D eigenvalue weighted by Crippen LogP contribution is -2.12. The fourth-order valence-corrected chi connectivity index (χ4v) is 2.04. The number of benzene rings is 1. The number of nitrogens with one attached hydrogen (secondary N) is 2. The van der Waals surface area contributed by atoms with E-state index in [2.05, 4.69) is 20.5 Å². The topological polar surface area (TPSA) is 53.6 Å². The van der Waals surface area contributed by atoms with Gasteiger partial charge in [-0.05, 0) is 18.7 Å². The summed E-state index contributed by atoms with van der Waals surface area (Å²) in [4.78, 5) is 4.87. The van der Waals surface area contributed by atoms with Crippen LogP contribution in [0.4, 0.5) is 5.95 Å². The molecule has 0 amide bonds. The number of aromatic nitrogens is 3. The molecule has 0 unspecified atom stereocenters. The minimum Gasteiger partial charge on any atom is -0.315 e. The third-order valence-electron chi connectivity index (χ3n) is 2.27. The van der Waals surface area contributed by atoms with Gasteiger partial charge >= 0.3 is 0 Å². The average Bonchev–Trinajstić information content (AvgIpc) is 2.77. The van der Waals surface area contributed by atoms with Gasteiger partial charge in [0.2, 0.25) is 11.1 Å². The highest BCUT2D eigenvalue weighted by molar-refractivity contribution is 7.98. The third kappa shape index (κ3) is 2.83. The Balaban J connectivity index is 2.14. The number of hydrogen-bond acceptors (Lipinski definition) is 4. The molecular weight excluding hydrogens is 252 g/mol. The second kappa shape index (κ2) is 5.29. The summed E-state index contributed by atoms with van der Waals surface area (Å²) in [5.74, 6) is 0.572. The van der Waals surface area contributed by atoms with Gasteiger partial charge < -0.3 is 5.32 Å². The van der Waals surface area contributed by atoms with Gasteiger partial charge in [-0.15, -0.1) is 5.10 Å². The molecule has 2 rings (SSSR count). The summed E-state index contributed by atoms with van der Waals surface area (Å²) in [5, 5.41) is 10.5. The van der Waals surface area contributed by atoms with Crippen molar-refractivity contribution in [3.05, 3.63) is 35.4 Å². The van der Waals surface area contributed by atoms with Gasteiger partial charge in [-0.3, -0.25) is 0 Å². The molecule has 6 heteroatoms. The molecule has 1 aromatic heterocycles. The van der Waals surface area contributed by atoms with Gasteiger partial charge in [0.1, 0.15) is 4.99 Å². The Morgan fingerprint density at radius 3 is 2.82 bits per heavy atom. The smallest absolute Gasteiger partial charge is 0.224 e. The van der Waals surface area contributed by atoms with Gasteiger partial charge in [-0.2, -0.15) is 4.98 Å². The van der Waals surface area contributed by atoms with Gasteiger partial charge in [0.05, 0.1) is 0 Å². The molecule has 0 atom stereocenters. The van der Waals surface area contributed by atoms with E-state index >= 15 is 0 Å². The fraction of sp³-hybridized carbons (Fsp3) is 0.182. The molecule has 17 heavy (non-hydrogen) atoms. The SMILES string of the molecule is CSc1n[nH]c(NC(=S)c2ccccc2C)n1. The zero-order valence-electron chi connectivity index (χ0n) is 9.52. The van der Waals surface area contributed by atoms with E-state index in [0.717, 1.165) is 11.1 Å². The molecule has 0 aliphatic carbocycles. The first kappa shape index (κ1) is 12.1. The van der Waals surface area contributed by atoms with E-state index in [9.17, 15) is 0 Å². The van der Waals surface area contributed by atoms with Gasteiger partial charge in [-0.1, -0.05) is 48.2 Å². The predicted octanol–water partition coefficient (Wildman–Crippen LogP) is 2.62. The number of thiocarbonyl (C=S) groups is 1. The Morgan fingerprint density at radius 2 is 2.18 bits per heavy atom. The molecule has 0 aliphatic heterocycles. The van der Waals surface area contributed by atoms with Crippen molar-refractivity contribution in [3.8, 4) is 0 Å². The highest BCUT2D eigenvalue weighted by atomic mass is 32.2. The molecule has 4 nitrogen and oxygen atoms in total. The molecular formula is C11H12N4S2. The van der Waals surface area contributed by atoms with E-state index in [0.29, 0.717) is 16.1 Å². The standard InChI is InChI=1S/C11H12N4S2/c1-7-5-3-4-6-8(7)9(16)12-10-13-11(17-2)15-14-10/h3-6H,1-2H3,(H2,12,13,14,15,16). The zero-order chi connectivity index (χ0) is 12.3. The summed E-state index contributed by atoms with van der Waals surface area (Å²) in [6, 6.07) is 7.96. The molecule has 1 aromatic carbocycles. The molecule has 1 heterocycles. The van der Waals surface area contributed by atoms with Gasteiger partial charge in [0, 0.05) is 5.56 Å². The van der Waals surface area contributed by atoms with Crippen molar-refractivity contribution in [3.63, 3.8) is 0 Å². The minimum absolute atomic E-state index is 0.572. The fourth-order valence-electron chi connectivity index (χ4n) is 1.40. The number of anilines is 1. The lowest BCUT2D eigenvalue weighted by Gasteiger charge is -2.07. The van der Waals surface area contributed by atoms with Crippen LogP contribution in [0.3, 0.4) is 0 Å². The zero-order valence-corrected chi connectivity index (χ0v) is 11.2. The van der Waals surface area contributed by atoms with Crippen LogP contribution in [0, 0.1) is 6.92 Å². The first-order valence-corrected chi connectivity index (χ1v) is 6.67. The van der Waals surface area contributed by atoms with Crippen LogP contribution in [0.1, 0.15) is 11.1 Å². The van der Waals surface area contributed by atoms with Crippen molar-refractivity contribution < 1.29 is 0 Å². The Morgan fingerprint density at radius 1 is 1.41 bits per heavy atom. The normalized spacial score (nSPS) is 10.2. The number of rotatable bonds is 3. The van der Waals surface area contributed by atoms with Crippen LogP contribution in [-0.4, -0.2) is 26.4 Å². The Labute approximate surface area is 109 Å². The Bertz CT molecular complexity index is 536. The van der Waals surface area contributed by atoms with Crippen molar-refractivity contribution in [1.82, 2.24) is 15.2 Å². The second-order valence-electron chi connectivity index (χ2n) is 3.44. The lowest BCUT2D eigenvalue weighted by atomic mass is 10.1. The molecule has 0 saturated heterocycles. The lowest BCUT2D eigenvalue weighted by molar-refractivity contribution is 0.976. The molecule has 0 radical (unpaired) electrons. The highest BCUT2D eigenvalue weighted by Crippen LogP contribution is 2.13. The maximum absolute atomic E-state index is 5.33. The van der Waals surface area contributed by atoms with Crippen molar-refractivity contribution in [2.75, 3.05) is 11.6 Å². The van der Waals surface area contributed by atoms with Crippen LogP contribution < -0.4 is 5.32 Å². The van der Waals surface area contributed by atoms with E-state index in [1.54, 1.807) is 0 Å². The summed E-state index contributed by atoms with van der Waals surface area (Å²) < 4.78 is 0. The molecule has 2 aromatic rings. The summed E-state index contributed by atoms with van der Waals surface area (Å²) in [6.45, 7) is 2.02. The quantitative estimate of drug-likeness (QED) is 0.659. The maximum atomic E-state index is 5.33. The van der Waals surface area contributed by atoms with E-state index in [-0.39, 0.29) is 0 Å². The Kier molecular flexibility index (Phi) is 3.75. The van der Waals surface area contributed by atoms with E-state index < -0.39 is 0 Å². The molecule has 0 spiro atoms. The summed E-state index contributed by atoms with van der Waals surface area (Å²) in [6.07, 6.45) is 1.92. The van der Waals surface area contributed by atoms with Crippen LogP contribution in [0.2, 0.25) is 0 Å². The van der Waals surface area contributed by atoms with E-state index in [1.807, 2.05) is 37.4 Å². The summed E-state index contributed by atoms with van der Waals surface area (Å²) in [7, 11) is 0. The molecule has 0 saturated carbocycles. The molecule has 2 N–H and O–H groups in total. The summed E-state index contributed by atoms with van der Waals surface area (Å²) in [5.41, 5.74) is 2.14. The molecule has 0 fully saturated rings. The maximum Gasteiger partial charge on any atom is 0.224 e. The van der Waals surface area contributed by atoms with Crippen LogP contribution in [-0.2, 0) is 0 Å². The number of thioether (sulfide) groups is 1. The first-order chi connectivity index (χ1) is 8.20. The Hall–Kier alpha value is -1.40. The van der Waals surface area contributed by atoms with Crippen LogP contribution in [0.15, 0.2) is 29.4 Å². The number of aromatic amines is 1. The number of H-pyrrole nitrogens is 1. The van der Waals surface area contributed by atoms with Crippen molar-refractivity contribution in [2.24, 2.45) is 0 Å². The number of nitrogens with zero attached hydrogens (tertiary/aromatic N) is 2. The highest BCUT2D eigenvalue weighted by Gasteiger charge is 2.07. The minimum atomic E-state index is 0.572. The summed E-state index contributed by atoms with van der Waals surface area (Å²) >= 11 is 6.81. The van der Waals surface area contributed by atoms with Crippen LogP contribution in [0.25, 0.3) is 0 Å². The number of hydrogen-bond donors (Lipinski definition) is 2. The molecule has 0 aliphatic rings. The molecule has 0 bridgehead atoms. The van der Waals surface area contributed by atoms with Gasteiger partial charge in [0.25, 0.3) is 0 Å². The third-order valence-corrected chi connectivity index (χ3v) is 3.14. The van der Waals surface area contributed by atoms with Crippen molar-refractivity contribution in [1.29, 1.82) is 0 Å². The predicted molar refractivity (Wildman–Crippen MR) is 74.7 cm³/mol. The largest absolute Gasteiger partial charge is 0.315 e. The monoisotopic (exact) mass is 264 g/mol. The van der Waals surface area contributed by atoms with Gasteiger partial charge in [-0.25, -0.2) is 5.10 Å². The van der Waals surface area contributed by atoms with E-state index in [1.165, 1.54) is 11.8 Å². The van der Waals surface area contributed by atoms with Crippen molar-refractivity contribution in [2.45, 2.75) is 12.1 Å². The second-order valence-corrected chi connectivity index (χ2v) is 4.62. The number of aryl methyl sites for hydroxylation is 1. The van der Waals surface area contributed by atoms with Gasteiger partial charge in [0.15, 0.2) is 0 Å².